The van der Waals surface area contributed by atoms with Crippen LogP contribution in [0.3, 0.4) is 0 Å². The van der Waals surface area contributed by atoms with Crippen molar-refractivity contribution in [2.75, 3.05) is 6.54 Å². The van der Waals surface area contributed by atoms with Crippen molar-refractivity contribution in [3.63, 3.8) is 0 Å². The van der Waals surface area contributed by atoms with Crippen molar-refractivity contribution in [1.82, 2.24) is 5.32 Å². The molecule has 116 valence electrons. The van der Waals surface area contributed by atoms with E-state index in [0.29, 0.717) is 12.5 Å². The van der Waals surface area contributed by atoms with Crippen molar-refractivity contribution in [1.29, 1.82) is 0 Å². The quantitative estimate of drug-likeness (QED) is 0.563. The number of nitro benzene ring substituents is 1. The first-order chi connectivity index (χ1) is 9.37. The summed E-state index contributed by atoms with van der Waals surface area (Å²) in [6.45, 7) is 2.20. The Bertz CT molecular complexity index is 562. The predicted octanol–water partition coefficient (Wildman–Crippen LogP) is 1.58. The fourth-order valence-corrected chi connectivity index (χ4v) is 2.19. The summed E-state index contributed by atoms with van der Waals surface area (Å²) in [6.07, 6.45) is 2.05. The summed E-state index contributed by atoms with van der Waals surface area (Å²) < 4.78 is 0. The second-order valence-electron chi connectivity index (χ2n) is 5.31. The second kappa shape index (κ2) is 6.28. The first kappa shape index (κ1) is 17.2. The maximum atomic E-state index is 12.1. The van der Waals surface area contributed by atoms with Crippen LogP contribution in [0.1, 0.15) is 30.1 Å². The zero-order valence-corrected chi connectivity index (χ0v) is 12.4. The van der Waals surface area contributed by atoms with Crippen LogP contribution < -0.4 is 11.1 Å². The van der Waals surface area contributed by atoms with Crippen LogP contribution in [-0.4, -0.2) is 28.0 Å². The monoisotopic (exact) mass is 315 g/mol. The zero-order valence-electron chi connectivity index (χ0n) is 11.5. The number of phenols is 1. The molecule has 1 aliphatic rings. The number of aromatic hydroxyl groups is 1. The van der Waals surface area contributed by atoms with Gasteiger partial charge in [0.2, 0.25) is 0 Å². The molecular formula is C13H18ClN3O4. The molecule has 1 atom stereocenters. The average Bonchev–Trinajstić information content (AvgIpc) is 3.22. The number of phenolic OH excluding ortho intramolecular Hbond substituents is 1. The van der Waals surface area contributed by atoms with Gasteiger partial charge in [-0.1, -0.05) is 0 Å². The lowest BCUT2D eigenvalue weighted by atomic mass is 9.95. The molecule has 1 fully saturated rings. The van der Waals surface area contributed by atoms with Gasteiger partial charge in [-0.2, -0.15) is 0 Å². The summed E-state index contributed by atoms with van der Waals surface area (Å²) in [5.41, 5.74) is 4.99. The van der Waals surface area contributed by atoms with E-state index in [9.17, 15) is 20.0 Å². The third kappa shape index (κ3) is 3.62. The number of hydrogen-bond acceptors (Lipinski definition) is 5. The van der Waals surface area contributed by atoms with Crippen LogP contribution in [0.5, 0.6) is 5.75 Å². The summed E-state index contributed by atoms with van der Waals surface area (Å²) in [5.74, 6) is -0.554. The van der Waals surface area contributed by atoms with E-state index < -0.39 is 27.8 Å². The Labute approximate surface area is 128 Å². The maximum absolute atomic E-state index is 12.1. The highest BCUT2D eigenvalue weighted by Gasteiger charge is 2.41. The molecular weight excluding hydrogens is 298 g/mol. The van der Waals surface area contributed by atoms with E-state index >= 15 is 0 Å². The Morgan fingerprint density at radius 3 is 2.62 bits per heavy atom. The molecule has 8 heteroatoms. The van der Waals surface area contributed by atoms with Gasteiger partial charge in [-0.05, 0) is 37.8 Å². The highest BCUT2D eigenvalue weighted by Crippen LogP contribution is 2.39. The molecule has 21 heavy (non-hydrogen) atoms. The molecule has 0 aromatic heterocycles. The van der Waals surface area contributed by atoms with E-state index in [-0.39, 0.29) is 18.0 Å². The third-order valence-electron chi connectivity index (χ3n) is 3.74. The number of nitrogens with two attached hydrogens (primary N) is 1. The summed E-state index contributed by atoms with van der Waals surface area (Å²) in [6, 6.07) is 3.52. The lowest BCUT2D eigenvalue weighted by Gasteiger charge is -2.29. The van der Waals surface area contributed by atoms with Crippen molar-refractivity contribution < 1.29 is 14.8 Å². The lowest BCUT2D eigenvalue weighted by molar-refractivity contribution is -0.385. The zero-order chi connectivity index (χ0) is 14.9. The van der Waals surface area contributed by atoms with Gasteiger partial charge in [0, 0.05) is 18.2 Å². The Hall–Kier alpha value is -1.86. The van der Waals surface area contributed by atoms with E-state index in [1.807, 2.05) is 6.92 Å². The first-order valence-electron chi connectivity index (χ1n) is 6.37. The molecule has 1 aliphatic carbocycles. The van der Waals surface area contributed by atoms with Crippen LogP contribution in [0, 0.1) is 16.0 Å². The van der Waals surface area contributed by atoms with Gasteiger partial charge in [0.25, 0.3) is 5.91 Å². The smallest absolute Gasteiger partial charge is 0.310 e. The van der Waals surface area contributed by atoms with E-state index in [0.717, 1.165) is 25.0 Å². The molecule has 4 N–H and O–H groups in total. The maximum Gasteiger partial charge on any atom is 0.310 e. The first-order valence-corrected chi connectivity index (χ1v) is 6.37. The highest BCUT2D eigenvalue weighted by atomic mass is 35.5. The summed E-state index contributed by atoms with van der Waals surface area (Å²) in [7, 11) is 0. The molecule has 0 heterocycles. The number of hydrogen-bond donors (Lipinski definition) is 3. The van der Waals surface area contributed by atoms with Crippen LogP contribution in [0.2, 0.25) is 0 Å². The molecule has 0 saturated heterocycles. The molecule has 1 saturated carbocycles. The van der Waals surface area contributed by atoms with Crippen molar-refractivity contribution in [2.45, 2.75) is 25.3 Å². The molecule has 0 radical (unpaired) electrons. The SMILES string of the molecule is CC(CN)(NC(=O)c1ccc([N+](=O)[O-])c(O)c1)C1CC1.Cl. The number of carbonyl (C=O) groups excluding carboxylic acids is 1. The van der Waals surface area contributed by atoms with Crippen LogP contribution >= 0.6 is 12.4 Å². The number of nitro groups is 1. The van der Waals surface area contributed by atoms with Gasteiger partial charge in [-0.15, -0.1) is 12.4 Å². The van der Waals surface area contributed by atoms with Crippen molar-refractivity contribution in [2.24, 2.45) is 11.7 Å². The second-order valence-corrected chi connectivity index (χ2v) is 5.31. The molecule has 1 amide bonds. The van der Waals surface area contributed by atoms with E-state index in [4.69, 9.17) is 5.73 Å². The average molecular weight is 316 g/mol. The molecule has 0 spiro atoms. The standard InChI is InChI=1S/C13H17N3O4.ClH/c1-13(7-14,9-3-4-9)15-12(18)8-2-5-10(16(19)20)11(17)6-8;/h2,5-6,9,17H,3-4,7,14H2,1H3,(H,15,18);1H. The Kier molecular flexibility index (Phi) is 5.14. The fourth-order valence-electron chi connectivity index (χ4n) is 2.19. The Morgan fingerprint density at radius 1 is 1.57 bits per heavy atom. The highest BCUT2D eigenvalue weighted by molar-refractivity contribution is 5.95. The van der Waals surface area contributed by atoms with Gasteiger partial charge in [-0.25, -0.2) is 0 Å². The predicted molar refractivity (Wildman–Crippen MR) is 79.7 cm³/mol. The van der Waals surface area contributed by atoms with Gasteiger partial charge >= 0.3 is 5.69 Å². The largest absolute Gasteiger partial charge is 0.502 e. The molecule has 1 aromatic carbocycles. The molecule has 0 aliphatic heterocycles. The van der Waals surface area contributed by atoms with Gasteiger partial charge in [-0.3, -0.25) is 14.9 Å². The summed E-state index contributed by atoms with van der Waals surface area (Å²) in [4.78, 5) is 22.0. The third-order valence-corrected chi connectivity index (χ3v) is 3.74. The number of nitrogens with one attached hydrogen (secondary N) is 1. The van der Waals surface area contributed by atoms with Crippen molar-refractivity contribution >= 4 is 24.0 Å². The van der Waals surface area contributed by atoms with Gasteiger partial charge in [0.05, 0.1) is 10.5 Å². The van der Waals surface area contributed by atoms with Crippen molar-refractivity contribution in [3.05, 3.63) is 33.9 Å². The van der Waals surface area contributed by atoms with Crippen molar-refractivity contribution in [3.8, 4) is 5.75 Å². The van der Waals surface area contributed by atoms with E-state index in [1.54, 1.807) is 0 Å². The molecule has 2 rings (SSSR count). The Balaban J connectivity index is 0.00000220. The number of carbonyl (C=O) groups is 1. The topological polar surface area (TPSA) is 118 Å². The minimum Gasteiger partial charge on any atom is -0.502 e. The minimum atomic E-state index is -0.703. The van der Waals surface area contributed by atoms with Crippen LogP contribution in [0.25, 0.3) is 0 Å². The number of amides is 1. The molecule has 7 nitrogen and oxygen atoms in total. The number of halogens is 1. The molecule has 0 bridgehead atoms. The number of rotatable bonds is 5. The van der Waals surface area contributed by atoms with E-state index in [2.05, 4.69) is 5.32 Å². The van der Waals surface area contributed by atoms with Crippen LogP contribution in [0.4, 0.5) is 5.69 Å². The molecule has 1 aromatic rings. The lowest BCUT2D eigenvalue weighted by Crippen LogP contribution is -2.53. The normalized spacial score (nSPS) is 16.5. The summed E-state index contributed by atoms with van der Waals surface area (Å²) >= 11 is 0. The fraction of sp³-hybridized carbons (Fsp3) is 0.462. The van der Waals surface area contributed by atoms with Gasteiger partial charge in [0.15, 0.2) is 5.75 Å². The van der Waals surface area contributed by atoms with Gasteiger partial charge < -0.3 is 16.2 Å². The number of nitrogens with zero attached hydrogens (tertiary/aromatic N) is 1. The van der Waals surface area contributed by atoms with Gasteiger partial charge in [0.1, 0.15) is 0 Å². The van der Waals surface area contributed by atoms with Crippen LogP contribution in [-0.2, 0) is 0 Å². The Morgan fingerprint density at radius 2 is 2.19 bits per heavy atom. The van der Waals surface area contributed by atoms with Crippen LogP contribution in [0.15, 0.2) is 18.2 Å². The van der Waals surface area contributed by atoms with E-state index in [1.165, 1.54) is 6.07 Å². The summed E-state index contributed by atoms with van der Waals surface area (Å²) in [5, 5.41) is 23.0. The number of benzene rings is 1. The minimum absolute atomic E-state index is 0. The molecule has 1 unspecified atom stereocenters.